The Hall–Kier alpha value is -1.35. The molecule has 3 nitrogen and oxygen atoms in total. The lowest BCUT2D eigenvalue weighted by molar-refractivity contribution is 0.491. The molecular weight excluding hydrogens is 338 g/mol. The van der Waals surface area contributed by atoms with Gasteiger partial charge in [-0.3, -0.25) is 0 Å². The van der Waals surface area contributed by atoms with E-state index < -0.39 is 8.32 Å². The van der Waals surface area contributed by atoms with Crippen molar-refractivity contribution in [3.63, 3.8) is 0 Å². The highest BCUT2D eigenvalue weighted by Gasteiger charge is 2.38. The third kappa shape index (κ3) is 6.64. The third-order valence-corrected chi connectivity index (χ3v) is 9.14. The van der Waals surface area contributed by atoms with Gasteiger partial charge >= 0.3 is 0 Å². The Morgan fingerprint density at radius 2 is 1.92 bits per heavy atom. The smallest absolute Gasteiger partial charge is 0.250 e. The number of aryl methyl sites for hydroxylation is 1. The van der Waals surface area contributed by atoms with Crippen molar-refractivity contribution in [2.45, 2.75) is 58.2 Å². The van der Waals surface area contributed by atoms with Gasteiger partial charge in [-0.1, -0.05) is 44.5 Å². The van der Waals surface area contributed by atoms with E-state index >= 15 is 0 Å². The molecule has 0 spiro atoms. The molecule has 0 bridgehead atoms. The van der Waals surface area contributed by atoms with Gasteiger partial charge in [-0.05, 0) is 61.2 Å². The van der Waals surface area contributed by atoms with Gasteiger partial charge in [0.15, 0.2) is 0 Å². The van der Waals surface area contributed by atoms with Crippen molar-refractivity contribution in [2.75, 3.05) is 6.54 Å². The Kier molecular flexibility index (Phi) is 7.94. The zero-order valence-electron chi connectivity index (χ0n) is 15.4. The molecular formula is C19H28ClNO2Si. The molecule has 0 aliphatic heterocycles. The lowest BCUT2D eigenvalue weighted by Gasteiger charge is -2.36. The second-order valence-corrected chi connectivity index (χ2v) is 12.5. The zero-order valence-corrected chi connectivity index (χ0v) is 17.1. The molecule has 0 heterocycles. The van der Waals surface area contributed by atoms with Crippen molar-refractivity contribution in [2.24, 2.45) is 4.99 Å². The first-order valence-electron chi connectivity index (χ1n) is 8.33. The number of aliphatic imine (C=N–C) groups is 1. The lowest BCUT2D eigenvalue weighted by Crippen LogP contribution is -2.43. The maximum atomic E-state index is 9.97. The number of hydrogen-bond acceptors (Lipinski definition) is 3. The number of isocyanates is 1. The standard InChI is InChI=1S/C19H28ClNO2Si/c1-19(2,3)24(4,5)23-17-11-12-18(20)16(14-17)10-8-6-7-9-13-21-15-22/h6-7,11-12,14H,8-10,13H2,1-5H3/b7-6+. The number of carbonyl (C=O) groups excluding carboxylic acids is 1. The first-order chi connectivity index (χ1) is 11.2. The van der Waals surface area contributed by atoms with Crippen LogP contribution in [0.25, 0.3) is 0 Å². The van der Waals surface area contributed by atoms with Gasteiger partial charge in [0.05, 0.1) is 6.54 Å². The summed E-state index contributed by atoms with van der Waals surface area (Å²) in [6.07, 6.45) is 8.19. The summed E-state index contributed by atoms with van der Waals surface area (Å²) in [5.74, 6) is 0.908. The van der Waals surface area contributed by atoms with E-state index in [1.165, 1.54) is 0 Å². The fraction of sp³-hybridized carbons (Fsp3) is 0.526. The minimum Gasteiger partial charge on any atom is -0.543 e. The molecule has 0 aliphatic rings. The zero-order chi connectivity index (χ0) is 18.2. The van der Waals surface area contributed by atoms with Crippen molar-refractivity contribution in [1.29, 1.82) is 0 Å². The summed E-state index contributed by atoms with van der Waals surface area (Å²) in [5, 5.41) is 0.941. The topological polar surface area (TPSA) is 38.7 Å². The highest BCUT2D eigenvalue weighted by molar-refractivity contribution is 6.74. The quantitative estimate of drug-likeness (QED) is 0.188. The van der Waals surface area contributed by atoms with Crippen LogP contribution in [-0.4, -0.2) is 20.9 Å². The minimum absolute atomic E-state index is 0.166. The van der Waals surface area contributed by atoms with E-state index in [0.717, 1.165) is 35.6 Å². The van der Waals surface area contributed by atoms with E-state index in [4.69, 9.17) is 16.0 Å². The van der Waals surface area contributed by atoms with E-state index in [0.29, 0.717) is 6.54 Å². The van der Waals surface area contributed by atoms with E-state index in [1.54, 1.807) is 6.08 Å². The average Bonchev–Trinajstić information content (AvgIpc) is 2.48. The van der Waals surface area contributed by atoms with Crippen LogP contribution in [0.1, 0.15) is 39.2 Å². The van der Waals surface area contributed by atoms with Gasteiger partial charge in [-0.15, -0.1) is 0 Å². The van der Waals surface area contributed by atoms with E-state index in [9.17, 15) is 4.79 Å². The molecule has 1 rings (SSSR count). The van der Waals surface area contributed by atoms with Gasteiger partial charge in [-0.25, -0.2) is 9.79 Å². The van der Waals surface area contributed by atoms with Crippen molar-refractivity contribution >= 4 is 26.0 Å². The van der Waals surface area contributed by atoms with Crippen LogP contribution in [0, 0.1) is 0 Å². The maximum Gasteiger partial charge on any atom is 0.250 e. The second-order valence-electron chi connectivity index (χ2n) is 7.39. The minimum atomic E-state index is -1.84. The first-order valence-corrected chi connectivity index (χ1v) is 11.6. The van der Waals surface area contributed by atoms with Gasteiger partial charge in [0, 0.05) is 5.02 Å². The summed E-state index contributed by atoms with van der Waals surface area (Å²) in [5.41, 5.74) is 1.10. The molecule has 0 N–H and O–H groups in total. The van der Waals surface area contributed by atoms with E-state index in [-0.39, 0.29) is 5.04 Å². The summed E-state index contributed by atoms with van der Waals surface area (Å²) in [7, 11) is -1.84. The van der Waals surface area contributed by atoms with E-state index in [2.05, 4.69) is 51.0 Å². The number of benzene rings is 1. The molecule has 0 radical (unpaired) electrons. The van der Waals surface area contributed by atoms with Crippen LogP contribution in [0.5, 0.6) is 5.75 Å². The van der Waals surface area contributed by atoms with Crippen LogP contribution in [0.4, 0.5) is 0 Å². The molecule has 0 aromatic heterocycles. The van der Waals surface area contributed by atoms with Crippen LogP contribution in [-0.2, 0) is 11.2 Å². The molecule has 0 aliphatic carbocycles. The summed E-state index contributed by atoms with van der Waals surface area (Å²) in [6, 6.07) is 5.94. The Labute approximate surface area is 151 Å². The van der Waals surface area contributed by atoms with Gasteiger partial charge in [0.2, 0.25) is 14.4 Å². The first kappa shape index (κ1) is 20.7. The Morgan fingerprint density at radius 3 is 2.54 bits per heavy atom. The fourth-order valence-corrected chi connectivity index (χ4v) is 3.15. The van der Waals surface area contributed by atoms with Crippen LogP contribution >= 0.6 is 11.6 Å². The monoisotopic (exact) mass is 365 g/mol. The molecule has 5 heteroatoms. The molecule has 1 aromatic carbocycles. The Bertz CT molecular complexity index is 614. The van der Waals surface area contributed by atoms with Crippen LogP contribution in [0.15, 0.2) is 35.3 Å². The summed E-state index contributed by atoms with van der Waals surface area (Å²) in [4.78, 5) is 13.5. The summed E-state index contributed by atoms with van der Waals surface area (Å²) in [6.45, 7) is 11.7. The maximum absolute atomic E-state index is 9.97. The molecule has 132 valence electrons. The van der Waals surface area contributed by atoms with E-state index in [1.807, 2.05) is 18.2 Å². The molecule has 0 saturated heterocycles. The largest absolute Gasteiger partial charge is 0.543 e. The number of halogens is 1. The molecule has 0 unspecified atom stereocenters. The van der Waals surface area contributed by atoms with Gasteiger partial charge in [-0.2, -0.15) is 0 Å². The SMILES string of the molecule is CC(C)(C)[Si](C)(C)Oc1ccc(Cl)c(CC/C=C/CCN=C=O)c1. The fourth-order valence-electron chi connectivity index (χ4n) is 1.91. The lowest BCUT2D eigenvalue weighted by atomic mass is 10.1. The Morgan fingerprint density at radius 1 is 1.25 bits per heavy atom. The number of rotatable bonds is 8. The molecule has 0 amide bonds. The predicted molar refractivity (Wildman–Crippen MR) is 104 cm³/mol. The summed E-state index contributed by atoms with van der Waals surface area (Å²) < 4.78 is 6.35. The number of nitrogens with zero attached hydrogens (tertiary/aromatic N) is 1. The van der Waals surface area contributed by atoms with Crippen LogP contribution < -0.4 is 4.43 Å². The average molecular weight is 366 g/mol. The number of hydrogen-bond donors (Lipinski definition) is 0. The molecule has 0 saturated carbocycles. The van der Waals surface area contributed by atoms with Crippen LogP contribution in [0.2, 0.25) is 23.2 Å². The second kappa shape index (κ2) is 9.21. The highest BCUT2D eigenvalue weighted by atomic mass is 35.5. The van der Waals surface area contributed by atoms with Crippen LogP contribution in [0.3, 0.4) is 0 Å². The van der Waals surface area contributed by atoms with Crippen molar-refractivity contribution in [3.8, 4) is 5.75 Å². The molecule has 1 aromatic rings. The normalized spacial score (nSPS) is 12.2. The number of allylic oxidation sites excluding steroid dienone is 1. The predicted octanol–water partition coefficient (Wildman–Crippen LogP) is 5.94. The third-order valence-electron chi connectivity index (χ3n) is 4.42. The van der Waals surface area contributed by atoms with Gasteiger partial charge in [0.1, 0.15) is 5.75 Å². The summed E-state index contributed by atoms with van der Waals surface area (Å²) >= 11 is 6.31. The van der Waals surface area contributed by atoms with Crippen molar-refractivity contribution in [1.82, 2.24) is 0 Å². The highest BCUT2D eigenvalue weighted by Crippen LogP contribution is 2.38. The molecule has 0 fully saturated rings. The van der Waals surface area contributed by atoms with Gasteiger partial charge < -0.3 is 4.43 Å². The van der Waals surface area contributed by atoms with Crippen molar-refractivity contribution < 1.29 is 9.22 Å². The molecule has 0 atom stereocenters. The Balaban J connectivity index is 2.68. The van der Waals surface area contributed by atoms with Gasteiger partial charge in [0.25, 0.3) is 0 Å². The van der Waals surface area contributed by atoms with Crippen molar-refractivity contribution in [3.05, 3.63) is 40.9 Å². The molecule has 24 heavy (non-hydrogen) atoms.